The lowest BCUT2D eigenvalue weighted by atomic mass is 10.2. The summed E-state index contributed by atoms with van der Waals surface area (Å²) < 4.78 is 33.7. The van der Waals surface area contributed by atoms with Gasteiger partial charge in [-0.2, -0.15) is 4.31 Å². The Balaban J connectivity index is 2.02. The van der Waals surface area contributed by atoms with E-state index < -0.39 is 10.0 Å². The van der Waals surface area contributed by atoms with Gasteiger partial charge in [-0.05, 0) is 52.9 Å². The van der Waals surface area contributed by atoms with Crippen LogP contribution in [0.15, 0.2) is 47.4 Å². The van der Waals surface area contributed by atoms with Gasteiger partial charge in [0.15, 0.2) is 0 Å². The van der Waals surface area contributed by atoms with Crippen molar-refractivity contribution in [3.05, 3.63) is 51.6 Å². The molecule has 1 aliphatic rings. The summed E-state index contributed by atoms with van der Waals surface area (Å²) in [6.07, 6.45) is 0. The Morgan fingerprint density at radius 3 is 2.43 bits per heavy atom. The fourth-order valence-electron chi connectivity index (χ4n) is 3.40. The molecule has 1 amide bonds. The van der Waals surface area contributed by atoms with Gasteiger partial charge in [0, 0.05) is 29.7 Å². The van der Waals surface area contributed by atoms with E-state index in [-0.39, 0.29) is 10.8 Å². The zero-order chi connectivity index (χ0) is 21.7. The van der Waals surface area contributed by atoms with Crippen molar-refractivity contribution in [2.45, 2.75) is 18.7 Å². The minimum atomic E-state index is -3.64. The number of halogens is 1. The third-order valence-electron chi connectivity index (χ3n) is 5.03. The number of amides is 1. The lowest BCUT2D eigenvalue weighted by Gasteiger charge is -2.31. The second-order valence-electron chi connectivity index (χ2n) is 6.80. The number of rotatable bonds is 7. The zero-order valence-corrected chi connectivity index (χ0v) is 20.1. The van der Waals surface area contributed by atoms with Crippen molar-refractivity contribution in [3.8, 4) is 0 Å². The maximum Gasteiger partial charge on any atom is 0.256 e. The Kier molecular flexibility index (Phi) is 7.72. The molecule has 1 heterocycles. The van der Waals surface area contributed by atoms with Crippen LogP contribution in [0.25, 0.3) is 0 Å². The first kappa shape index (κ1) is 23.0. The Labute approximate surface area is 191 Å². The third kappa shape index (κ3) is 4.96. The van der Waals surface area contributed by atoms with E-state index in [0.717, 1.165) is 9.26 Å². The van der Waals surface area contributed by atoms with Crippen LogP contribution in [-0.4, -0.2) is 58.0 Å². The van der Waals surface area contributed by atoms with Crippen molar-refractivity contribution in [2.75, 3.05) is 49.6 Å². The van der Waals surface area contributed by atoms with Crippen molar-refractivity contribution in [2.24, 2.45) is 0 Å². The molecule has 30 heavy (non-hydrogen) atoms. The van der Waals surface area contributed by atoms with Crippen molar-refractivity contribution >= 4 is 49.9 Å². The minimum absolute atomic E-state index is 0.168. The molecule has 0 spiro atoms. The van der Waals surface area contributed by atoms with Gasteiger partial charge in [-0.15, -0.1) is 0 Å². The highest BCUT2D eigenvalue weighted by atomic mass is 127. The highest BCUT2D eigenvalue weighted by Crippen LogP contribution is 2.31. The monoisotopic (exact) mass is 543 g/mol. The van der Waals surface area contributed by atoms with E-state index in [2.05, 4.69) is 32.8 Å². The molecule has 0 radical (unpaired) electrons. The number of morpholine rings is 1. The van der Waals surface area contributed by atoms with Gasteiger partial charge in [0.1, 0.15) is 0 Å². The first-order chi connectivity index (χ1) is 14.4. The number of ether oxygens (including phenoxy) is 1. The van der Waals surface area contributed by atoms with E-state index in [1.807, 2.05) is 26.0 Å². The summed E-state index contributed by atoms with van der Waals surface area (Å²) in [5, 5.41) is 2.94. The summed E-state index contributed by atoms with van der Waals surface area (Å²) in [4.78, 5) is 15.2. The Bertz CT molecular complexity index is 1000. The van der Waals surface area contributed by atoms with E-state index in [1.165, 1.54) is 4.31 Å². The largest absolute Gasteiger partial charge is 0.378 e. The lowest BCUT2D eigenvalue weighted by Crippen LogP contribution is -2.37. The second kappa shape index (κ2) is 10.1. The molecule has 0 atom stereocenters. The van der Waals surface area contributed by atoms with Gasteiger partial charge in [-0.3, -0.25) is 4.79 Å². The van der Waals surface area contributed by atoms with E-state index >= 15 is 0 Å². The number of carbonyl (C=O) groups is 1. The van der Waals surface area contributed by atoms with Crippen LogP contribution in [0.3, 0.4) is 0 Å². The summed E-state index contributed by atoms with van der Waals surface area (Å²) in [6, 6.07) is 12.2. The van der Waals surface area contributed by atoms with Gasteiger partial charge in [-0.1, -0.05) is 26.0 Å². The van der Waals surface area contributed by atoms with Crippen molar-refractivity contribution in [1.82, 2.24) is 4.31 Å². The molecule has 3 rings (SSSR count). The molecule has 0 unspecified atom stereocenters. The quantitative estimate of drug-likeness (QED) is 0.542. The van der Waals surface area contributed by atoms with Crippen LogP contribution in [0.5, 0.6) is 0 Å². The van der Waals surface area contributed by atoms with Gasteiger partial charge in [-0.25, -0.2) is 8.42 Å². The number of nitrogens with zero attached hydrogens (tertiary/aromatic N) is 2. The van der Waals surface area contributed by atoms with Crippen LogP contribution in [0.1, 0.15) is 24.2 Å². The van der Waals surface area contributed by atoms with E-state index in [0.29, 0.717) is 50.6 Å². The molecule has 0 aliphatic carbocycles. The van der Waals surface area contributed by atoms with Gasteiger partial charge < -0.3 is 15.0 Å². The number of carbonyl (C=O) groups excluding carboxylic acids is 1. The molecular weight excluding hydrogens is 517 g/mol. The Morgan fingerprint density at radius 2 is 1.80 bits per heavy atom. The summed E-state index contributed by atoms with van der Waals surface area (Å²) in [7, 11) is -3.64. The highest BCUT2D eigenvalue weighted by Gasteiger charge is 2.25. The molecule has 0 bridgehead atoms. The third-order valence-corrected chi connectivity index (χ3v) is 8.02. The molecule has 9 heteroatoms. The molecule has 0 saturated carbocycles. The fourth-order valence-corrected chi connectivity index (χ4v) is 5.52. The molecule has 1 aliphatic heterocycles. The van der Waals surface area contributed by atoms with Gasteiger partial charge in [0.2, 0.25) is 10.0 Å². The topological polar surface area (TPSA) is 79.0 Å². The van der Waals surface area contributed by atoms with E-state index in [1.54, 1.807) is 30.3 Å². The van der Waals surface area contributed by atoms with Crippen LogP contribution >= 0.6 is 22.6 Å². The summed E-state index contributed by atoms with van der Waals surface area (Å²) in [6.45, 7) is 6.91. The van der Waals surface area contributed by atoms with Gasteiger partial charge in [0.05, 0.1) is 35.0 Å². The maximum absolute atomic E-state index is 13.0. The molecule has 1 fully saturated rings. The van der Waals surface area contributed by atoms with Crippen LogP contribution in [0, 0.1) is 3.57 Å². The number of benzene rings is 2. The number of sulfonamides is 1. The van der Waals surface area contributed by atoms with Crippen LogP contribution in [-0.2, 0) is 14.8 Å². The van der Waals surface area contributed by atoms with E-state index in [4.69, 9.17) is 4.74 Å². The predicted molar refractivity (Wildman–Crippen MR) is 127 cm³/mol. The summed E-state index contributed by atoms with van der Waals surface area (Å²) >= 11 is 2.12. The SMILES string of the molecule is CCN(CC)S(=O)(=O)c1ccc(N2CCOCC2)c(NC(=O)c2ccccc2I)c1. The van der Waals surface area contributed by atoms with Crippen molar-refractivity contribution in [3.63, 3.8) is 0 Å². The summed E-state index contributed by atoms with van der Waals surface area (Å²) in [5.41, 5.74) is 1.81. The molecule has 1 saturated heterocycles. The summed E-state index contributed by atoms with van der Waals surface area (Å²) in [5.74, 6) is -0.271. The molecule has 1 N–H and O–H groups in total. The molecule has 0 aromatic heterocycles. The normalized spacial score (nSPS) is 14.7. The smallest absolute Gasteiger partial charge is 0.256 e. The predicted octanol–water partition coefficient (Wildman–Crippen LogP) is 3.41. The average Bonchev–Trinajstić information content (AvgIpc) is 2.75. The molecular formula is C21H26IN3O4S. The van der Waals surface area contributed by atoms with Crippen LogP contribution < -0.4 is 10.2 Å². The molecule has 2 aromatic rings. The van der Waals surface area contributed by atoms with Crippen molar-refractivity contribution < 1.29 is 17.9 Å². The molecule has 7 nitrogen and oxygen atoms in total. The van der Waals surface area contributed by atoms with Crippen LogP contribution in [0.4, 0.5) is 11.4 Å². The standard InChI is InChI=1S/C21H26IN3O4S/c1-3-25(4-2)30(27,28)16-9-10-20(24-11-13-29-14-12-24)19(15-16)23-21(26)17-7-5-6-8-18(17)22/h5-10,15H,3-4,11-14H2,1-2H3,(H,23,26). The van der Waals surface area contributed by atoms with Gasteiger partial charge in [0.25, 0.3) is 5.91 Å². The highest BCUT2D eigenvalue weighted by molar-refractivity contribution is 14.1. The number of anilines is 2. The molecule has 2 aromatic carbocycles. The average molecular weight is 543 g/mol. The lowest BCUT2D eigenvalue weighted by molar-refractivity contribution is 0.102. The minimum Gasteiger partial charge on any atom is -0.378 e. The van der Waals surface area contributed by atoms with E-state index in [9.17, 15) is 13.2 Å². The second-order valence-corrected chi connectivity index (χ2v) is 9.90. The Morgan fingerprint density at radius 1 is 1.13 bits per heavy atom. The zero-order valence-electron chi connectivity index (χ0n) is 17.1. The van der Waals surface area contributed by atoms with Gasteiger partial charge >= 0.3 is 0 Å². The first-order valence-electron chi connectivity index (χ1n) is 9.91. The fraction of sp³-hybridized carbons (Fsp3) is 0.381. The first-order valence-corrected chi connectivity index (χ1v) is 12.4. The number of hydrogen-bond acceptors (Lipinski definition) is 5. The van der Waals surface area contributed by atoms with Crippen molar-refractivity contribution in [1.29, 1.82) is 0 Å². The number of nitrogens with one attached hydrogen (secondary N) is 1. The Hall–Kier alpha value is -1.69. The molecule has 162 valence electrons. The number of hydrogen-bond donors (Lipinski definition) is 1. The van der Waals surface area contributed by atoms with Crippen LogP contribution in [0.2, 0.25) is 0 Å². The maximum atomic E-state index is 13.0.